The molecule has 1 aromatic heterocycles. The summed E-state index contributed by atoms with van der Waals surface area (Å²) >= 11 is 11.9. The van der Waals surface area contributed by atoms with Gasteiger partial charge in [0.1, 0.15) is 5.75 Å². The summed E-state index contributed by atoms with van der Waals surface area (Å²) in [4.78, 5) is 7.21. The van der Waals surface area contributed by atoms with Gasteiger partial charge in [-0.05, 0) is 36.4 Å². The number of halogens is 2. The van der Waals surface area contributed by atoms with E-state index in [0.717, 1.165) is 10.9 Å². The van der Waals surface area contributed by atoms with E-state index in [1.807, 2.05) is 18.2 Å². The predicted octanol–water partition coefficient (Wildman–Crippen LogP) is 4.94. The Kier molecular flexibility index (Phi) is 3.96. The molecule has 3 rings (SSSR count). The van der Waals surface area contributed by atoms with Crippen LogP contribution >= 0.6 is 23.2 Å². The average molecular weight is 335 g/mol. The SMILES string of the molecule is COc1ccc2[nH]c(O)c(C=Nc3ccc(Cl)cc3Cl)c2c1. The lowest BCUT2D eigenvalue weighted by molar-refractivity contribution is 0.415. The number of aromatic amines is 1. The van der Waals surface area contributed by atoms with Crippen LogP contribution < -0.4 is 4.74 Å². The zero-order valence-electron chi connectivity index (χ0n) is 11.6. The Bertz CT molecular complexity index is 872. The van der Waals surface area contributed by atoms with Crippen molar-refractivity contribution in [3.05, 3.63) is 52.0 Å². The van der Waals surface area contributed by atoms with Crippen LogP contribution in [0.5, 0.6) is 11.6 Å². The van der Waals surface area contributed by atoms with Gasteiger partial charge in [0, 0.05) is 22.1 Å². The number of aromatic nitrogens is 1. The Balaban J connectivity index is 2.06. The second-order valence-electron chi connectivity index (χ2n) is 4.65. The van der Waals surface area contributed by atoms with E-state index in [1.54, 1.807) is 31.5 Å². The number of aromatic hydroxyl groups is 1. The van der Waals surface area contributed by atoms with Crippen LogP contribution in [0, 0.1) is 0 Å². The van der Waals surface area contributed by atoms with Crippen LogP contribution in [0.4, 0.5) is 5.69 Å². The highest BCUT2D eigenvalue weighted by atomic mass is 35.5. The van der Waals surface area contributed by atoms with E-state index in [2.05, 4.69) is 9.98 Å². The summed E-state index contributed by atoms with van der Waals surface area (Å²) in [7, 11) is 1.59. The summed E-state index contributed by atoms with van der Waals surface area (Å²) < 4.78 is 5.21. The molecule has 112 valence electrons. The molecule has 0 aliphatic rings. The zero-order chi connectivity index (χ0) is 15.7. The quantitative estimate of drug-likeness (QED) is 0.666. The number of rotatable bonds is 3. The largest absolute Gasteiger partial charge is 0.497 e. The highest BCUT2D eigenvalue weighted by Crippen LogP contribution is 2.31. The smallest absolute Gasteiger partial charge is 0.198 e. The molecule has 22 heavy (non-hydrogen) atoms. The summed E-state index contributed by atoms with van der Waals surface area (Å²) in [6.45, 7) is 0. The average Bonchev–Trinajstić information content (AvgIpc) is 2.81. The molecule has 0 saturated carbocycles. The number of aliphatic imine (C=N–C) groups is 1. The number of methoxy groups -OCH3 is 1. The lowest BCUT2D eigenvalue weighted by Crippen LogP contribution is -1.83. The maximum atomic E-state index is 10.0. The second kappa shape index (κ2) is 5.91. The Morgan fingerprint density at radius 2 is 2.00 bits per heavy atom. The molecule has 0 aliphatic heterocycles. The van der Waals surface area contributed by atoms with Crippen molar-refractivity contribution >= 4 is 46.0 Å². The minimum atomic E-state index is 0.0390. The van der Waals surface area contributed by atoms with Crippen molar-refractivity contribution in [2.45, 2.75) is 0 Å². The van der Waals surface area contributed by atoms with Gasteiger partial charge >= 0.3 is 0 Å². The van der Waals surface area contributed by atoms with Crippen LogP contribution in [0.2, 0.25) is 10.0 Å². The van der Waals surface area contributed by atoms with E-state index in [9.17, 15) is 5.11 Å². The number of hydrogen-bond acceptors (Lipinski definition) is 3. The molecule has 0 saturated heterocycles. The molecule has 0 radical (unpaired) electrons. The topological polar surface area (TPSA) is 57.6 Å². The molecule has 0 spiro atoms. The van der Waals surface area contributed by atoms with Gasteiger partial charge in [-0.1, -0.05) is 23.2 Å². The highest BCUT2D eigenvalue weighted by Gasteiger charge is 2.10. The molecule has 0 aliphatic carbocycles. The van der Waals surface area contributed by atoms with Gasteiger partial charge in [-0.3, -0.25) is 4.99 Å². The molecule has 0 unspecified atom stereocenters. The monoisotopic (exact) mass is 334 g/mol. The number of hydrogen-bond donors (Lipinski definition) is 2. The second-order valence-corrected chi connectivity index (χ2v) is 5.50. The van der Waals surface area contributed by atoms with Crippen molar-refractivity contribution in [2.24, 2.45) is 4.99 Å². The zero-order valence-corrected chi connectivity index (χ0v) is 13.1. The molecule has 0 fully saturated rings. The number of H-pyrrole nitrogens is 1. The maximum absolute atomic E-state index is 10.0. The van der Waals surface area contributed by atoms with Crippen LogP contribution in [0.15, 0.2) is 41.4 Å². The minimum absolute atomic E-state index is 0.0390. The van der Waals surface area contributed by atoms with Crippen LogP contribution in [-0.4, -0.2) is 23.4 Å². The first-order valence-electron chi connectivity index (χ1n) is 6.46. The van der Waals surface area contributed by atoms with Crippen molar-refractivity contribution in [3.8, 4) is 11.6 Å². The van der Waals surface area contributed by atoms with E-state index in [1.165, 1.54) is 0 Å². The third-order valence-electron chi connectivity index (χ3n) is 3.27. The molecular formula is C16H12Cl2N2O2. The summed E-state index contributed by atoms with van der Waals surface area (Å²) in [5, 5.41) is 11.8. The summed E-state index contributed by atoms with van der Waals surface area (Å²) in [6, 6.07) is 10.5. The fraction of sp³-hybridized carbons (Fsp3) is 0.0625. The van der Waals surface area contributed by atoms with Gasteiger partial charge in [-0.2, -0.15) is 0 Å². The summed E-state index contributed by atoms with van der Waals surface area (Å²) in [5.41, 5.74) is 1.93. The summed E-state index contributed by atoms with van der Waals surface area (Å²) in [6.07, 6.45) is 1.56. The van der Waals surface area contributed by atoms with E-state index >= 15 is 0 Å². The molecule has 3 aromatic rings. The van der Waals surface area contributed by atoms with E-state index in [0.29, 0.717) is 27.0 Å². The first-order chi connectivity index (χ1) is 10.6. The Labute approximate surface area is 137 Å². The maximum Gasteiger partial charge on any atom is 0.198 e. The highest BCUT2D eigenvalue weighted by molar-refractivity contribution is 6.36. The first kappa shape index (κ1) is 14.8. The van der Waals surface area contributed by atoms with Crippen molar-refractivity contribution in [1.82, 2.24) is 4.98 Å². The molecule has 6 heteroatoms. The Morgan fingerprint density at radius 3 is 2.73 bits per heavy atom. The Hall–Kier alpha value is -2.17. The normalized spacial score (nSPS) is 11.4. The molecule has 0 atom stereocenters. The lowest BCUT2D eigenvalue weighted by Gasteiger charge is -2.00. The van der Waals surface area contributed by atoms with Crippen molar-refractivity contribution < 1.29 is 9.84 Å². The minimum Gasteiger partial charge on any atom is -0.497 e. The van der Waals surface area contributed by atoms with Gasteiger partial charge in [0.15, 0.2) is 5.88 Å². The van der Waals surface area contributed by atoms with Crippen LogP contribution in [0.25, 0.3) is 10.9 Å². The summed E-state index contributed by atoms with van der Waals surface area (Å²) in [5.74, 6) is 0.739. The fourth-order valence-corrected chi connectivity index (χ4v) is 2.61. The van der Waals surface area contributed by atoms with E-state index < -0.39 is 0 Å². The molecule has 0 bridgehead atoms. The first-order valence-corrected chi connectivity index (χ1v) is 7.22. The van der Waals surface area contributed by atoms with E-state index in [4.69, 9.17) is 27.9 Å². The van der Waals surface area contributed by atoms with Gasteiger partial charge in [0.2, 0.25) is 0 Å². The Morgan fingerprint density at radius 1 is 1.18 bits per heavy atom. The van der Waals surface area contributed by atoms with Gasteiger partial charge in [-0.25, -0.2) is 0 Å². The number of nitrogens with one attached hydrogen (secondary N) is 1. The van der Waals surface area contributed by atoms with Crippen molar-refractivity contribution in [1.29, 1.82) is 0 Å². The van der Waals surface area contributed by atoms with Gasteiger partial charge in [-0.15, -0.1) is 0 Å². The van der Waals surface area contributed by atoms with Crippen LogP contribution in [0.3, 0.4) is 0 Å². The molecule has 1 heterocycles. The fourth-order valence-electron chi connectivity index (χ4n) is 2.16. The number of nitrogens with zero attached hydrogens (tertiary/aromatic N) is 1. The molecule has 4 nitrogen and oxygen atoms in total. The standard InChI is InChI=1S/C16H12Cl2N2O2/c1-22-10-3-5-14-11(7-10)12(16(21)20-14)8-19-15-4-2-9(17)6-13(15)18/h2-8,20-21H,1H3. The van der Waals surface area contributed by atoms with Gasteiger partial charge in [0.25, 0.3) is 0 Å². The predicted molar refractivity (Wildman–Crippen MR) is 90.2 cm³/mol. The van der Waals surface area contributed by atoms with Crippen LogP contribution in [0.1, 0.15) is 5.56 Å². The molecule has 2 aromatic carbocycles. The number of ether oxygens (including phenoxy) is 1. The molecular weight excluding hydrogens is 323 g/mol. The lowest BCUT2D eigenvalue weighted by atomic mass is 10.1. The number of fused-ring (bicyclic) bond motifs is 1. The third-order valence-corrected chi connectivity index (χ3v) is 3.81. The van der Waals surface area contributed by atoms with Gasteiger partial charge < -0.3 is 14.8 Å². The molecule has 0 amide bonds. The van der Waals surface area contributed by atoms with Gasteiger partial charge in [0.05, 0.1) is 23.4 Å². The van der Waals surface area contributed by atoms with E-state index in [-0.39, 0.29) is 5.88 Å². The number of benzene rings is 2. The van der Waals surface area contributed by atoms with Crippen molar-refractivity contribution in [2.75, 3.05) is 7.11 Å². The van der Waals surface area contributed by atoms with Crippen LogP contribution in [-0.2, 0) is 0 Å². The molecule has 2 N–H and O–H groups in total. The third kappa shape index (κ3) is 2.75. The van der Waals surface area contributed by atoms with Crippen molar-refractivity contribution in [3.63, 3.8) is 0 Å².